The first-order chi connectivity index (χ1) is 17.9. The Bertz CT molecular complexity index is 1240. The number of anilines is 2. The van der Waals surface area contributed by atoms with Gasteiger partial charge in [0.1, 0.15) is 23.3 Å². The Hall–Kier alpha value is -4.53. The monoisotopic (exact) mass is 503 g/mol. The number of nitrogens with one attached hydrogen (secondary N) is 1. The first-order valence-electron chi connectivity index (χ1n) is 11.8. The summed E-state index contributed by atoms with van der Waals surface area (Å²) in [5.74, 6) is 1.18. The van der Waals surface area contributed by atoms with Crippen LogP contribution in [0.2, 0.25) is 0 Å². The SMILES string of the molecule is COc1ccc(CCN2C(=O)N(c3ccc(OC)cc3)C(=O)[C@@H]2CC(=O)Nc2ccc(OC)cc2)cc1. The summed E-state index contributed by atoms with van der Waals surface area (Å²) in [4.78, 5) is 42.4. The Morgan fingerprint density at radius 1 is 0.784 bits per heavy atom. The molecular formula is C28H29N3O6. The molecule has 4 amide bonds. The first kappa shape index (κ1) is 25.6. The second kappa shape index (κ2) is 11.5. The van der Waals surface area contributed by atoms with Crippen LogP contribution < -0.4 is 24.4 Å². The van der Waals surface area contributed by atoms with Crippen molar-refractivity contribution >= 4 is 29.2 Å². The van der Waals surface area contributed by atoms with Gasteiger partial charge in [0.25, 0.3) is 5.91 Å². The minimum atomic E-state index is -0.939. The van der Waals surface area contributed by atoms with Crippen molar-refractivity contribution in [2.24, 2.45) is 0 Å². The Labute approximate surface area is 215 Å². The highest BCUT2D eigenvalue weighted by molar-refractivity contribution is 6.22. The maximum atomic E-state index is 13.5. The number of nitrogens with zero attached hydrogens (tertiary/aromatic N) is 2. The van der Waals surface area contributed by atoms with Crippen molar-refractivity contribution in [1.29, 1.82) is 0 Å². The van der Waals surface area contributed by atoms with E-state index in [0.29, 0.717) is 29.3 Å². The van der Waals surface area contributed by atoms with Crippen LogP contribution in [-0.4, -0.2) is 56.7 Å². The molecule has 0 saturated carbocycles. The zero-order chi connectivity index (χ0) is 26.4. The van der Waals surface area contributed by atoms with Crippen LogP contribution >= 0.6 is 0 Å². The predicted octanol–water partition coefficient (Wildman–Crippen LogP) is 4.12. The van der Waals surface area contributed by atoms with Crippen molar-refractivity contribution in [3.63, 3.8) is 0 Å². The number of amides is 4. The van der Waals surface area contributed by atoms with Gasteiger partial charge < -0.3 is 24.4 Å². The summed E-state index contributed by atoms with van der Waals surface area (Å²) in [5, 5.41) is 2.80. The minimum Gasteiger partial charge on any atom is -0.497 e. The fourth-order valence-electron chi connectivity index (χ4n) is 4.16. The van der Waals surface area contributed by atoms with Gasteiger partial charge in [0, 0.05) is 12.2 Å². The topological polar surface area (TPSA) is 97.4 Å². The molecule has 0 spiro atoms. The lowest BCUT2D eigenvalue weighted by molar-refractivity contribution is -0.124. The number of hydrogen-bond acceptors (Lipinski definition) is 6. The van der Waals surface area contributed by atoms with Crippen LogP contribution in [0.5, 0.6) is 17.2 Å². The van der Waals surface area contributed by atoms with E-state index in [1.807, 2.05) is 24.3 Å². The summed E-state index contributed by atoms with van der Waals surface area (Å²) in [5.41, 5.74) is 1.97. The first-order valence-corrected chi connectivity index (χ1v) is 11.8. The van der Waals surface area contributed by atoms with Gasteiger partial charge in [0.05, 0.1) is 33.4 Å². The number of ether oxygens (including phenoxy) is 3. The maximum absolute atomic E-state index is 13.5. The van der Waals surface area contributed by atoms with E-state index in [0.717, 1.165) is 16.2 Å². The molecule has 1 saturated heterocycles. The van der Waals surface area contributed by atoms with Crippen LogP contribution in [0, 0.1) is 0 Å². The lowest BCUT2D eigenvalue weighted by Crippen LogP contribution is -2.39. The normalized spacial score (nSPS) is 15.1. The number of imide groups is 1. The fourth-order valence-corrected chi connectivity index (χ4v) is 4.16. The van der Waals surface area contributed by atoms with Gasteiger partial charge >= 0.3 is 6.03 Å². The summed E-state index contributed by atoms with van der Waals surface area (Å²) in [6.07, 6.45) is 0.335. The van der Waals surface area contributed by atoms with E-state index in [-0.39, 0.29) is 18.9 Å². The fraction of sp³-hybridized carbons (Fsp3) is 0.250. The van der Waals surface area contributed by atoms with E-state index in [1.54, 1.807) is 69.9 Å². The van der Waals surface area contributed by atoms with E-state index < -0.39 is 18.0 Å². The molecule has 1 atom stereocenters. The quantitative estimate of drug-likeness (QED) is 0.418. The van der Waals surface area contributed by atoms with Crippen molar-refractivity contribution in [2.75, 3.05) is 38.1 Å². The largest absolute Gasteiger partial charge is 0.497 e. The molecule has 0 aromatic heterocycles. The third-order valence-corrected chi connectivity index (χ3v) is 6.20. The average molecular weight is 504 g/mol. The van der Waals surface area contributed by atoms with E-state index in [9.17, 15) is 14.4 Å². The highest BCUT2D eigenvalue weighted by Crippen LogP contribution is 2.29. The Balaban J connectivity index is 1.53. The molecule has 1 aliphatic heterocycles. The van der Waals surface area contributed by atoms with Crippen LogP contribution in [0.1, 0.15) is 12.0 Å². The third kappa shape index (κ3) is 5.83. The van der Waals surface area contributed by atoms with Gasteiger partial charge in [0.15, 0.2) is 0 Å². The van der Waals surface area contributed by atoms with Crippen LogP contribution in [0.3, 0.4) is 0 Å². The molecule has 1 aliphatic rings. The van der Waals surface area contributed by atoms with Gasteiger partial charge in [-0.25, -0.2) is 9.69 Å². The van der Waals surface area contributed by atoms with Gasteiger partial charge in [-0.1, -0.05) is 12.1 Å². The Morgan fingerprint density at radius 3 is 1.84 bits per heavy atom. The molecule has 9 heteroatoms. The highest BCUT2D eigenvalue weighted by atomic mass is 16.5. The molecular weight excluding hydrogens is 474 g/mol. The van der Waals surface area contributed by atoms with Gasteiger partial charge in [-0.15, -0.1) is 0 Å². The molecule has 192 valence electrons. The van der Waals surface area contributed by atoms with Crippen molar-refractivity contribution in [3.8, 4) is 17.2 Å². The number of carbonyl (C=O) groups is 3. The standard InChI is InChI=1S/C28H29N3O6/c1-35-22-10-4-19(5-11-22)16-17-30-25(18-26(32)29-20-6-12-23(36-2)13-7-20)27(33)31(28(30)34)21-8-14-24(37-3)15-9-21/h4-15,25H,16-18H2,1-3H3,(H,29,32)/t25-/m0/s1. The second-order valence-corrected chi connectivity index (χ2v) is 8.44. The van der Waals surface area contributed by atoms with Crippen molar-refractivity contribution in [3.05, 3.63) is 78.4 Å². The van der Waals surface area contributed by atoms with Crippen LogP contribution in [-0.2, 0) is 16.0 Å². The predicted molar refractivity (Wildman–Crippen MR) is 139 cm³/mol. The molecule has 0 bridgehead atoms. The molecule has 0 radical (unpaired) electrons. The van der Waals surface area contributed by atoms with Crippen molar-refractivity contribution in [2.45, 2.75) is 18.9 Å². The van der Waals surface area contributed by atoms with Gasteiger partial charge in [0.2, 0.25) is 5.91 Å². The summed E-state index contributed by atoms with van der Waals surface area (Å²) in [6.45, 7) is 0.268. The number of carbonyl (C=O) groups excluding carboxylic acids is 3. The molecule has 4 rings (SSSR count). The smallest absolute Gasteiger partial charge is 0.332 e. The third-order valence-electron chi connectivity index (χ3n) is 6.20. The number of urea groups is 1. The highest BCUT2D eigenvalue weighted by Gasteiger charge is 2.46. The molecule has 0 unspecified atom stereocenters. The number of benzene rings is 3. The van der Waals surface area contributed by atoms with Crippen LogP contribution in [0.4, 0.5) is 16.2 Å². The molecule has 1 fully saturated rings. The summed E-state index contributed by atoms with van der Waals surface area (Å²) >= 11 is 0. The van der Waals surface area contributed by atoms with Crippen molar-refractivity contribution in [1.82, 2.24) is 4.90 Å². The Kier molecular flexibility index (Phi) is 7.92. The number of rotatable bonds is 10. The van der Waals surface area contributed by atoms with E-state index in [4.69, 9.17) is 14.2 Å². The number of methoxy groups -OCH3 is 3. The zero-order valence-corrected chi connectivity index (χ0v) is 21.0. The second-order valence-electron chi connectivity index (χ2n) is 8.44. The lowest BCUT2D eigenvalue weighted by atomic mass is 10.1. The van der Waals surface area contributed by atoms with Gasteiger partial charge in [-0.2, -0.15) is 0 Å². The molecule has 3 aromatic carbocycles. The lowest BCUT2D eigenvalue weighted by Gasteiger charge is -2.21. The van der Waals surface area contributed by atoms with E-state index in [1.165, 1.54) is 4.90 Å². The molecule has 1 heterocycles. The maximum Gasteiger partial charge on any atom is 0.332 e. The van der Waals surface area contributed by atoms with Crippen molar-refractivity contribution < 1.29 is 28.6 Å². The summed E-state index contributed by atoms with van der Waals surface area (Å²) in [7, 11) is 4.70. The molecule has 1 N–H and O–H groups in total. The summed E-state index contributed by atoms with van der Waals surface area (Å²) < 4.78 is 15.5. The Morgan fingerprint density at radius 2 is 1.30 bits per heavy atom. The van der Waals surface area contributed by atoms with Gasteiger partial charge in [-0.3, -0.25) is 9.59 Å². The molecule has 9 nitrogen and oxygen atoms in total. The average Bonchev–Trinajstić information content (AvgIpc) is 3.16. The van der Waals surface area contributed by atoms with Crippen LogP contribution in [0.25, 0.3) is 0 Å². The van der Waals surface area contributed by atoms with Gasteiger partial charge in [-0.05, 0) is 72.6 Å². The van der Waals surface area contributed by atoms with Crippen LogP contribution in [0.15, 0.2) is 72.8 Å². The molecule has 37 heavy (non-hydrogen) atoms. The number of hydrogen-bond donors (Lipinski definition) is 1. The molecule has 3 aromatic rings. The van der Waals surface area contributed by atoms with E-state index in [2.05, 4.69) is 5.32 Å². The minimum absolute atomic E-state index is 0.175. The summed E-state index contributed by atoms with van der Waals surface area (Å²) in [6, 6.07) is 19.6. The van der Waals surface area contributed by atoms with E-state index >= 15 is 0 Å². The molecule has 0 aliphatic carbocycles. The zero-order valence-electron chi connectivity index (χ0n) is 21.0.